The molecule has 3 aromatic rings. The highest BCUT2D eigenvalue weighted by Crippen LogP contribution is 2.32. The SMILES string of the molecule is O=C(O)c1ccc(CNc2ncnc3c2ncn3C2O[C@H](CO)[C@@H](O)[C@H]2O)cc1. The van der Waals surface area contributed by atoms with Crippen LogP contribution in [0, 0.1) is 0 Å². The Morgan fingerprint density at radius 2 is 1.90 bits per heavy atom. The summed E-state index contributed by atoms with van der Waals surface area (Å²) in [5, 5.41) is 41.6. The second kappa shape index (κ2) is 7.72. The van der Waals surface area contributed by atoms with E-state index in [0.717, 1.165) is 5.56 Å². The van der Waals surface area contributed by atoms with Crippen LogP contribution in [0.4, 0.5) is 5.82 Å². The number of nitrogens with zero attached hydrogens (tertiary/aromatic N) is 4. The van der Waals surface area contributed by atoms with Crippen molar-refractivity contribution in [3.05, 3.63) is 48.0 Å². The second-order valence-electron chi connectivity index (χ2n) is 6.63. The van der Waals surface area contributed by atoms with E-state index in [2.05, 4.69) is 20.3 Å². The number of aliphatic hydroxyl groups excluding tert-OH is 3. The van der Waals surface area contributed by atoms with Gasteiger partial charge in [0.15, 0.2) is 23.2 Å². The van der Waals surface area contributed by atoms with Crippen molar-refractivity contribution in [3.63, 3.8) is 0 Å². The predicted octanol–water partition coefficient (Wildman–Crippen LogP) is -0.252. The number of rotatable bonds is 6. The molecule has 1 unspecified atom stereocenters. The van der Waals surface area contributed by atoms with Gasteiger partial charge in [-0.2, -0.15) is 0 Å². The summed E-state index contributed by atoms with van der Waals surface area (Å²) in [7, 11) is 0. The minimum atomic E-state index is -1.25. The summed E-state index contributed by atoms with van der Waals surface area (Å²) in [5.41, 5.74) is 1.88. The third-order valence-electron chi connectivity index (χ3n) is 4.81. The van der Waals surface area contributed by atoms with E-state index >= 15 is 0 Å². The van der Waals surface area contributed by atoms with Crippen LogP contribution in [0.2, 0.25) is 0 Å². The van der Waals surface area contributed by atoms with E-state index in [1.54, 1.807) is 12.1 Å². The Balaban J connectivity index is 1.55. The average Bonchev–Trinajstić information content (AvgIpc) is 3.28. The van der Waals surface area contributed by atoms with Gasteiger partial charge in [-0.25, -0.2) is 19.7 Å². The number of nitrogens with one attached hydrogen (secondary N) is 1. The number of aliphatic hydroxyl groups is 3. The van der Waals surface area contributed by atoms with Crippen LogP contribution >= 0.6 is 0 Å². The van der Waals surface area contributed by atoms with E-state index in [0.29, 0.717) is 23.5 Å². The third kappa shape index (κ3) is 3.51. The van der Waals surface area contributed by atoms with Crippen LogP contribution < -0.4 is 5.32 Å². The molecule has 3 heterocycles. The summed E-state index contributed by atoms with van der Waals surface area (Å²) < 4.78 is 7.01. The first-order valence-electron chi connectivity index (χ1n) is 8.85. The van der Waals surface area contributed by atoms with Crippen molar-refractivity contribution >= 4 is 23.0 Å². The molecular formula is C18H19N5O6. The topological polar surface area (TPSA) is 163 Å². The molecule has 1 aliphatic heterocycles. The monoisotopic (exact) mass is 401 g/mol. The van der Waals surface area contributed by atoms with E-state index < -0.39 is 37.1 Å². The zero-order valence-corrected chi connectivity index (χ0v) is 15.1. The summed E-state index contributed by atoms with van der Waals surface area (Å²) in [6.07, 6.45) is -1.57. The maximum Gasteiger partial charge on any atom is 0.335 e. The van der Waals surface area contributed by atoms with Crippen molar-refractivity contribution in [2.75, 3.05) is 11.9 Å². The second-order valence-corrected chi connectivity index (χ2v) is 6.63. The number of benzene rings is 1. The van der Waals surface area contributed by atoms with E-state index in [4.69, 9.17) is 9.84 Å². The van der Waals surface area contributed by atoms with Crippen LogP contribution in [-0.4, -0.2) is 70.8 Å². The van der Waals surface area contributed by atoms with E-state index in [1.165, 1.54) is 29.4 Å². The van der Waals surface area contributed by atoms with Gasteiger partial charge >= 0.3 is 5.97 Å². The number of imidazole rings is 1. The molecule has 11 heteroatoms. The molecule has 1 aliphatic rings. The summed E-state index contributed by atoms with van der Waals surface area (Å²) in [4.78, 5) is 23.6. The van der Waals surface area contributed by atoms with Crippen LogP contribution in [0.1, 0.15) is 22.1 Å². The van der Waals surface area contributed by atoms with Crippen LogP contribution in [0.15, 0.2) is 36.9 Å². The first-order chi connectivity index (χ1) is 14.0. The van der Waals surface area contributed by atoms with Gasteiger partial charge in [-0.15, -0.1) is 0 Å². The van der Waals surface area contributed by atoms with Gasteiger partial charge < -0.3 is 30.5 Å². The molecule has 0 spiro atoms. The number of carbonyl (C=O) groups is 1. The quantitative estimate of drug-likeness (QED) is 0.372. The molecule has 1 saturated heterocycles. The minimum Gasteiger partial charge on any atom is -0.478 e. The highest BCUT2D eigenvalue weighted by molar-refractivity contribution is 5.87. The zero-order chi connectivity index (χ0) is 20.5. The summed E-state index contributed by atoms with van der Waals surface area (Å²) in [6, 6.07) is 6.44. The molecule has 4 atom stereocenters. The van der Waals surface area contributed by atoms with Crippen molar-refractivity contribution in [3.8, 4) is 0 Å². The maximum atomic E-state index is 10.9. The van der Waals surface area contributed by atoms with Gasteiger partial charge in [-0.1, -0.05) is 12.1 Å². The van der Waals surface area contributed by atoms with Gasteiger partial charge in [0.1, 0.15) is 24.6 Å². The molecule has 4 rings (SSSR count). The van der Waals surface area contributed by atoms with Crippen molar-refractivity contribution in [2.24, 2.45) is 0 Å². The lowest BCUT2D eigenvalue weighted by Gasteiger charge is -2.16. The largest absolute Gasteiger partial charge is 0.478 e. The van der Waals surface area contributed by atoms with E-state index in [9.17, 15) is 20.1 Å². The minimum absolute atomic E-state index is 0.204. The van der Waals surface area contributed by atoms with Gasteiger partial charge in [0.05, 0.1) is 18.5 Å². The van der Waals surface area contributed by atoms with Crippen molar-refractivity contribution < 1.29 is 30.0 Å². The van der Waals surface area contributed by atoms with Gasteiger partial charge in [0, 0.05) is 6.54 Å². The predicted molar refractivity (Wildman–Crippen MR) is 99.1 cm³/mol. The number of aromatic carboxylic acids is 1. The number of hydrogen-bond donors (Lipinski definition) is 5. The Morgan fingerprint density at radius 1 is 1.14 bits per heavy atom. The van der Waals surface area contributed by atoms with Crippen molar-refractivity contribution in [1.82, 2.24) is 19.5 Å². The van der Waals surface area contributed by atoms with Gasteiger partial charge in [0.25, 0.3) is 0 Å². The summed E-state index contributed by atoms with van der Waals surface area (Å²) >= 11 is 0. The van der Waals surface area contributed by atoms with Gasteiger partial charge in [0.2, 0.25) is 0 Å². The Bertz CT molecular complexity index is 1020. The molecule has 0 aliphatic carbocycles. The average molecular weight is 401 g/mol. The Labute approximate surface area is 164 Å². The number of hydrogen-bond acceptors (Lipinski definition) is 9. The Hall–Kier alpha value is -3.12. The number of aromatic nitrogens is 4. The molecule has 0 saturated carbocycles. The van der Waals surface area contributed by atoms with Crippen LogP contribution in [0.3, 0.4) is 0 Å². The third-order valence-corrected chi connectivity index (χ3v) is 4.81. The van der Waals surface area contributed by atoms with Crippen LogP contribution in [-0.2, 0) is 11.3 Å². The van der Waals surface area contributed by atoms with E-state index in [-0.39, 0.29) is 5.56 Å². The fourth-order valence-corrected chi connectivity index (χ4v) is 3.23. The van der Waals surface area contributed by atoms with Crippen LogP contribution in [0.25, 0.3) is 11.2 Å². The number of anilines is 1. The Morgan fingerprint density at radius 3 is 2.55 bits per heavy atom. The molecular weight excluding hydrogens is 382 g/mol. The van der Waals surface area contributed by atoms with Gasteiger partial charge in [-0.05, 0) is 17.7 Å². The molecule has 1 aromatic carbocycles. The molecule has 0 amide bonds. The smallest absolute Gasteiger partial charge is 0.335 e. The molecule has 5 N–H and O–H groups in total. The molecule has 2 aromatic heterocycles. The lowest BCUT2D eigenvalue weighted by molar-refractivity contribution is -0.0511. The molecule has 0 bridgehead atoms. The molecule has 11 nitrogen and oxygen atoms in total. The molecule has 0 radical (unpaired) electrons. The number of ether oxygens (including phenoxy) is 1. The van der Waals surface area contributed by atoms with Crippen molar-refractivity contribution in [2.45, 2.75) is 31.1 Å². The Kier molecular flexibility index (Phi) is 5.11. The normalized spacial score (nSPS) is 24.1. The fraction of sp³-hybridized carbons (Fsp3) is 0.333. The first kappa shape index (κ1) is 19.2. The van der Waals surface area contributed by atoms with E-state index in [1.807, 2.05) is 0 Å². The summed E-state index contributed by atoms with van der Waals surface area (Å²) in [5.74, 6) is -0.541. The lowest BCUT2D eigenvalue weighted by Crippen LogP contribution is -2.33. The van der Waals surface area contributed by atoms with Crippen LogP contribution in [0.5, 0.6) is 0 Å². The van der Waals surface area contributed by atoms with Gasteiger partial charge in [-0.3, -0.25) is 4.57 Å². The number of carboxylic acids is 1. The lowest BCUT2D eigenvalue weighted by atomic mass is 10.1. The zero-order valence-electron chi connectivity index (χ0n) is 15.1. The maximum absolute atomic E-state index is 10.9. The molecule has 152 valence electrons. The fourth-order valence-electron chi connectivity index (χ4n) is 3.23. The molecule has 1 fully saturated rings. The highest BCUT2D eigenvalue weighted by atomic mass is 16.6. The number of carboxylic acid groups (broad SMARTS) is 1. The number of fused-ring (bicyclic) bond motifs is 1. The first-order valence-corrected chi connectivity index (χ1v) is 8.85. The standard InChI is InChI=1S/C18H19N5O6/c24-6-11-13(25)14(26)17(29-11)23-8-22-12-15(20-7-21-16(12)23)19-5-9-1-3-10(4-2-9)18(27)28/h1-4,7-8,11,13-14,17,24-26H,5-6H2,(H,27,28)(H,19,20,21)/t11-,13-,14-,17?/m1/s1. The van der Waals surface area contributed by atoms with Crippen molar-refractivity contribution in [1.29, 1.82) is 0 Å². The summed E-state index contributed by atoms with van der Waals surface area (Å²) in [6.45, 7) is -0.0451. The highest BCUT2D eigenvalue weighted by Gasteiger charge is 2.44. The molecule has 29 heavy (non-hydrogen) atoms.